The zero-order valence-electron chi connectivity index (χ0n) is 53.3. The molecule has 0 amide bonds. The highest BCUT2D eigenvalue weighted by Crippen LogP contribution is 2.31. The summed E-state index contributed by atoms with van der Waals surface area (Å²) < 4.78 is 31.5. The first kappa shape index (κ1) is 53.8. The van der Waals surface area contributed by atoms with Crippen LogP contribution in [0, 0.1) is 62.2 Å². The van der Waals surface area contributed by atoms with Gasteiger partial charge in [0.15, 0.2) is 24.8 Å². The van der Waals surface area contributed by atoms with Crippen LogP contribution in [-0.2, 0) is 41.0 Å². The summed E-state index contributed by atoms with van der Waals surface area (Å²) in [5.41, 5.74) is 31.0. The van der Waals surface area contributed by atoms with Crippen molar-refractivity contribution >= 4 is 0 Å². The highest BCUT2D eigenvalue weighted by molar-refractivity contribution is 5.72. The summed E-state index contributed by atoms with van der Waals surface area (Å²) in [4.78, 5) is 0. The van der Waals surface area contributed by atoms with Gasteiger partial charge < -0.3 is 0 Å². The van der Waals surface area contributed by atoms with Crippen LogP contribution in [0.25, 0.3) is 78.4 Å². The number of hydrogen-bond acceptors (Lipinski definition) is 0. The molecule has 0 saturated heterocycles. The summed E-state index contributed by atoms with van der Waals surface area (Å²) in [6.07, 6.45) is 12.7. The van der Waals surface area contributed by atoms with Crippen molar-refractivity contribution in [3.05, 3.63) is 286 Å². The lowest BCUT2D eigenvalue weighted by Gasteiger charge is -2.10. The third kappa shape index (κ3) is 13.5. The van der Waals surface area contributed by atoms with Crippen molar-refractivity contribution in [2.24, 2.45) is 28.2 Å². The third-order valence-electron chi connectivity index (χ3n) is 16.0. The number of hydrogen-bond donors (Lipinski definition) is 0. The fourth-order valence-electron chi connectivity index (χ4n) is 11.5. The quantitative estimate of drug-likeness (QED) is 0.141. The van der Waals surface area contributed by atoms with E-state index in [2.05, 4.69) is 276 Å². The number of aromatic nitrogens is 4. The zero-order valence-corrected chi connectivity index (χ0v) is 50.3. The summed E-state index contributed by atoms with van der Waals surface area (Å²) in [6, 6.07) is 69.7. The number of pyridine rings is 4. The van der Waals surface area contributed by atoms with Crippen LogP contribution in [0.15, 0.2) is 225 Å². The van der Waals surface area contributed by atoms with Crippen LogP contribution < -0.4 is 18.3 Å². The standard InChI is InChI=1S/C21H22N.2C20H20N.C17H20N/c1-15-10-11-19(16(2)12-15)21-13-17(3)20(14-22(21)4)18-8-6-5-7-9-18;2*1-15-9-7-8-12-18(15)20-13-16(2)19(14-21(20)3)17-10-5-4-6-11-17;1-12-7-8-16(13(2)9-12)17-10-14-5-4-6-15(14)11-18(17)3/h5-14H,1-4H3;2*4-14H,1-3H3;7-11H,4-6H2,1-3H3/q4*+1/i1D3;;;. The molecule has 1 aliphatic rings. The van der Waals surface area contributed by atoms with Gasteiger partial charge in [-0.05, 0) is 167 Å². The van der Waals surface area contributed by atoms with Crippen molar-refractivity contribution < 1.29 is 22.4 Å². The molecule has 4 nitrogen and oxygen atoms in total. The second-order valence-corrected chi connectivity index (χ2v) is 22.3. The summed E-state index contributed by atoms with van der Waals surface area (Å²) in [7, 11) is 8.42. The van der Waals surface area contributed by atoms with Gasteiger partial charge in [-0.3, -0.25) is 0 Å². The van der Waals surface area contributed by atoms with Gasteiger partial charge in [0.25, 0.3) is 0 Å². The van der Waals surface area contributed by atoms with E-state index in [4.69, 9.17) is 4.11 Å². The molecular formula is C78H82N4+4. The first-order valence-electron chi connectivity index (χ1n) is 30.3. The fraction of sp³-hybridized carbons (Fsp3) is 0.205. The summed E-state index contributed by atoms with van der Waals surface area (Å²) >= 11 is 0. The van der Waals surface area contributed by atoms with E-state index in [0.29, 0.717) is 5.56 Å². The monoisotopic (exact) mass is 1080 g/mol. The molecule has 1 aliphatic carbocycles. The summed E-state index contributed by atoms with van der Waals surface area (Å²) in [6.45, 7) is 15.1. The average Bonchev–Trinajstić information content (AvgIpc) is 3.81. The first-order chi connectivity index (χ1) is 40.7. The summed E-state index contributed by atoms with van der Waals surface area (Å²) in [5.74, 6) is 0. The maximum Gasteiger partial charge on any atom is 0.212 e. The topological polar surface area (TPSA) is 15.5 Å². The lowest BCUT2D eigenvalue weighted by molar-refractivity contribution is -0.660. The van der Waals surface area contributed by atoms with Gasteiger partial charge in [0.1, 0.15) is 28.2 Å². The lowest BCUT2D eigenvalue weighted by atomic mass is 9.97. The molecule has 0 unspecified atom stereocenters. The van der Waals surface area contributed by atoms with Gasteiger partial charge >= 0.3 is 0 Å². The van der Waals surface area contributed by atoms with Gasteiger partial charge in [0, 0.05) is 72.9 Å². The Balaban J connectivity index is 0.000000136. The summed E-state index contributed by atoms with van der Waals surface area (Å²) in [5, 5.41) is 0. The van der Waals surface area contributed by atoms with Crippen molar-refractivity contribution in [1.82, 2.24) is 0 Å². The van der Waals surface area contributed by atoms with Gasteiger partial charge in [0.2, 0.25) is 22.8 Å². The predicted molar refractivity (Wildman–Crippen MR) is 343 cm³/mol. The Morgan fingerprint density at radius 1 is 0.280 bits per heavy atom. The molecule has 82 heavy (non-hydrogen) atoms. The van der Waals surface area contributed by atoms with Crippen LogP contribution in [0.4, 0.5) is 0 Å². The van der Waals surface area contributed by atoms with Crippen LogP contribution in [0.1, 0.15) is 71.7 Å². The van der Waals surface area contributed by atoms with E-state index in [1.54, 1.807) is 17.7 Å². The van der Waals surface area contributed by atoms with Crippen LogP contribution in [0.2, 0.25) is 0 Å². The minimum Gasteiger partial charge on any atom is -0.201 e. The molecule has 0 fully saturated rings. The maximum absolute atomic E-state index is 7.57. The zero-order chi connectivity index (χ0) is 60.5. The highest BCUT2D eigenvalue weighted by atomic mass is 14.9. The Hall–Kier alpha value is -8.86. The molecule has 7 aromatic carbocycles. The Labute approximate surface area is 494 Å². The second-order valence-electron chi connectivity index (χ2n) is 22.3. The van der Waals surface area contributed by atoms with Crippen LogP contribution >= 0.6 is 0 Å². The molecule has 0 saturated carbocycles. The smallest absolute Gasteiger partial charge is 0.201 e. The van der Waals surface area contributed by atoms with Crippen molar-refractivity contribution in [2.45, 2.75) is 81.5 Å². The molecule has 4 heteroatoms. The van der Waals surface area contributed by atoms with E-state index in [1.165, 1.54) is 131 Å². The van der Waals surface area contributed by atoms with E-state index < -0.39 is 6.85 Å². The highest BCUT2D eigenvalue weighted by Gasteiger charge is 2.22. The second kappa shape index (κ2) is 26.2. The lowest BCUT2D eigenvalue weighted by Crippen LogP contribution is -2.31. The molecule has 4 heterocycles. The van der Waals surface area contributed by atoms with Gasteiger partial charge in [-0.1, -0.05) is 163 Å². The largest absolute Gasteiger partial charge is 0.212 e. The molecular weight excluding hydrogens is 993 g/mol. The Kier molecular flexibility index (Phi) is 17.2. The molecule has 410 valence electrons. The number of benzene rings is 7. The molecule has 0 radical (unpaired) electrons. The van der Waals surface area contributed by atoms with Gasteiger partial charge in [-0.15, -0.1) is 0 Å². The Morgan fingerprint density at radius 3 is 0.988 bits per heavy atom. The first-order valence-corrected chi connectivity index (χ1v) is 28.8. The van der Waals surface area contributed by atoms with Gasteiger partial charge in [0.05, 0.1) is 0 Å². The third-order valence-corrected chi connectivity index (χ3v) is 16.0. The number of nitrogens with zero attached hydrogens (tertiary/aromatic N) is 4. The molecule has 0 bridgehead atoms. The van der Waals surface area contributed by atoms with E-state index >= 15 is 0 Å². The van der Waals surface area contributed by atoms with Crippen molar-refractivity contribution in [1.29, 1.82) is 0 Å². The fourth-order valence-corrected chi connectivity index (χ4v) is 11.5. The van der Waals surface area contributed by atoms with E-state index in [0.717, 1.165) is 16.8 Å². The van der Waals surface area contributed by atoms with Crippen LogP contribution in [0.3, 0.4) is 0 Å². The molecule has 0 spiro atoms. The van der Waals surface area contributed by atoms with Crippen molar-refractivity contribution in [3.63, 3.8) is 0 Å². The van der Waals surface area contributed by atoms with Gasteiger partial charge in [-0.25, -0.2) is 18.3 Å². The number of fused-ring (bicyclic) bond motifs is 1. The minimum atomic E-state index is -2.07. The molecule has 0 aliphatic heterocycles. The molecule has 4 aromatic heterocycles. The van der Waals surface area contributed by atoms with Gasteiger partial charge in [-0.2, -0.15) is 0 Å². The molecule has 12 rings (SSSR count). The Bertz CT molecular complexity index is 4010. The SMILES string of the molecule is Cc1cc(-c2ccccc2C)[n+](C)cc1-c1ccccc1.Cc1cc(-c2ccccc2C)[n+](C)cc1-c1ccccc1.Cc1ccc(-c2cc3c(c[n+]2C)CCC3)c(C)c1.[2H]C([2H])([2H])c1ccc(-c2cc(C)c(-c3ccccc3)c[n+]2C)c(C)c1. The number of rotatable bonds is 7. The normalized spacial score (nSPS) is 12.0. The van der Waals surface area contributed by atoms with Crippen molar-refractivity contribution in [3.8, 4) is 78.4 Å². The van der Waals surface area contributed by atoms with E-state index in [9.17, 15) is 0 Å². The van der Waals surface area contributed by atoms with E-state index in [-0.39, 0.29) is 0 Å². The predicted octanol–water partition coefficient (Wildman–Crippen LogP) is 17.0. The van der Waals surface area contributed by atoms with E-state index in [1.807, 2.05) is 38.2 Å². The van der Waals surface area contributed by atoms with Crippen molar-refractivity contribution in [2.75, 3.05) is 0 Å². The minimum absolute atomic E-state index is 0.383. The molecule has 0 N–H and O–H groups in total. The number of aryl methyl sites for hydroxylation is 15. The Morgan fingerprint density at radius 2 is 0.598 bits per heavy atom. The van der Waals surface area contributed by atoms with Crippen LogP contribution in [0.5, 0.6) is 0 Å². The molecule has 11 aromatic rings. The molecule has 0 atom stereocenters. The van der Waals surface area contributed by atoms with Crippen LogP contribution in [-0.4, -0.2) is 0 Å². The average molecular weight is 1080 g/mol. The maximum atomic E-state index is 7.57.